The highest BCUT2D eigenvalue weighted by Crippen LogP contribution is 2.23. The lowest BCUT2D eigenvalue weighted by atomic mass is 10.0. The van der Waals surface area contributed by atoms with Crippen LogP contribution < -0.4 is 15.5 Å². The van der Waals surface area contributed by atoms with Crippen LogP contribution in [0.15, 0.2) is 42.5 Å². The molecule has 0 unspecified atom stereocenters. The largest absolute Gasteiger partial charge is 0.380 e. The molecule has 0 radical (unpaired) electrons. The van der Waals surface area contributed by atoms with Crippen LogP contribution in [0.25, 0.3) is 0 Å². The molecule has 0 saturated carbocycles. The zero-order valence-electron chi connectivity index (χ0n) is 17.4. The summed E-state index contributed by atoms with van der Waals surface area (Å²) < 4.78 is 5.46. The van der Waals surface area contributed by atoms with E-state index in [1.54, 1.807) is 0 Å². The van der Waals surface area contributed by atoms with Crippen LogP contribution in [-0.2, 0) is 4.74 Å². The van der Waals surface area contributed by atoms with E-state index in [-0.39, 0.29) is 5.91 Å². The third-order valence-corrected chi connectivity index (χ3v) is 6.01. The van der Waals surface area contributed by atoms with Gasteiger partial charge in [-0.2, -0.15) is 0 Å². The average molecular weight is 394 g/mol. The Kier molecular flexibility index (Phi) is 6.16. The van der Waals surface area contributed by atoms with Gasteiger partial charge in [0.25, 0.3) is 5.91 Å². The number of ether oxygens (including phenoxy) is 1. The van der Waals surface area contributed by atoms with E-state index in [2.05, 4.69) is 27.7 Å². The first-order valence-corrected chi connectivity index (χ1v) is 10.7. The van der Waals surface area contributed by atoms with Gasteiger partial charge in [0.05, 0.1) is 6.61 Å². The van der Waals surface area contributed by atoms with Gasteiger partial charge in [0.1, 0.15) is 0 Å². The van der Waals surface area contributed by atoms with E-state index in [1.165, 1.54) is 11.3 Å². The predicted molar refractivity (Wildman–Crippen MR) is 118 cm³/mol. The van der Waals surface area contributed by atoms with Gasteiger partial charge in [-0.3, -0.25) is 4.79 Å². The summed E-state index contributed by atoms with van der Waals surface area (Å²) in [4.78, 5) is 15.0. The average Bonchev–Trinajstić information content (AvgIpc) is 3.22. The number of rotatable bonds is 5. The Morgan fingerprint density at radius 2 is 1.76 bits per heavy atom. The number of amides is 1. The molecule has 5 heteroatoms. The Morgan fingerprint density at radius 3 is 2.41 bits per heavy atom. The lowest BCUT2D eigenvalue weighted by Crippen LogP contribution is -2.46. The second kappa shape index (κ2) is 8.97. The number of nitrogens with one attached hydrogen (secondary N) is 2. The predicted octanol–water partition coefficient (Wildman–Crippen LogP) is 3.90. The Labute approximate surface area is 173 Å². The maximum absolute atomic E-state index is 12.6. The minimum atomic E-state index is -0.0574. The highest BCUT2D eigenvalue weighted by Gasteiger charge is 2.24. The van der Waals surface area contributed by atoms with E-state index < -0.39 is 0 Å². The van der Waals surface area contributed by atoms with Crippen molar-refractivity contribution in [3.63, 3.8) is 0 Å². The summed E-state index contributed by atoms with van der Waals surface area (Å²) in [6.07, 6.45) is 3.44. The third kappa shape index (κ3) is 4.98. The molecule has 2 aliphatic rings. The number of aryl methyl sites for hydroxylation is 2. The first kappa shape index (κ1) is 19.9. The second-order valence-electron chi connectivity index (χ2n) is 8.31. The monoisotopic (exact) mass is 393 g/mol. The molecule has 29 heavy (non-hydrogen) atoms. The van der Waals surface area contributed by atoms with Crippen molar-refractivity contribution >= 4 is 17.3 Å². The Balaban J connectivity index is 1.30. The van der Waals surface area contributed by atoms with E-state index in [9.17, 15) is 4.79 Å². The highest BCUT2D eigenvalue weighted by atomic mass is 16.5. The molecular formula is C24H31N3O2. The Hall–Kier alpha value is -2.37. The molecule has 5 nitrogen and oxygen atoms in total. The summed E-state index contributed by atoms with van der Waals surface area (Å²) in [6, 6.07) is 15.2. The van der Waals surface area contributed by atoms with E-state index >= 15 is 0 Å². The van der Waals surface area contributed by atoms with Crippen LogP contribution in [-0.4, -0.2) is 44.3 Å². The van der Waals surface area contributed by atoms with Crippen molar-refractivity contribution in [2.24, 2.45) is 0 Å². The van der Waals surface area contributed by atoms with Gasteiger partial charge in [0.15, 0.2) is 0 Å². The van der Waals surface area contributed by atoms with Crippen LogP contribution in [0.3, 0.4) is 0 Å². The lowest BCUT2D eigenvalue weighted by molar-refractivity contribution is 0.102. The van der Waals surface area contributed by atoms with Gasteiger partial charge in [-0.1, -0.05) is 17.7 Å². The molecule has 0 aromatic heterocycles. The van der Waals surface area contributed by atoms with Crippen molar-refractivity contribution in [3.8, 4) is 0 Å². The van der Waals surface area contributed by atoms with E-state index in [1.807, 2.05) is 44.2 Å². The van der Waals surface area contributed by atoms with Gasteiger partial charge in [-0.15, -0.1) is 0 Å². The molecule has 2 aliphatic heterocycles. The van der Waals surface area contributed by atoms with Crippen molar-refractivity contribution in [2.45, 2.75) is 45.2 Å². The van der Waals surface area contributed by atoms with Gasteiger partial charge in [-0.25, -0.2) is 0 Å². The SMILES string of the molecule is Cc1ccc(C(=O)Nc2ccc(N3CCC(N[C@@H]4CCOC4)CC3)cc2)c(C)c1. The Bertz CT molecular complexity index is 836. The maximum atomic E-state index is 12.6. The zero-order valence-corrected chi connectivity index (χ0v) is 17.4. The number of carbonyl (C=O) groups excluding carboxylic acids is 1. The fraction of sp³-hybridized carbons (Fsp3) is 0.458. The van der Waals surface area contributed by atoms with Crippen molar-refractivity contribution in [1.29, 1.82) is 0 Å². The molecule has 0 aliphatic carbocycles. The van der Waals surface area contributed by atoms with Crippen molar-refractivity contribution in [3.05, 3.63) is 59.2 Å². The summed E-state index contributed by atoms with van der Waals surface area (Å²) in [7, 11) is 0. The number of piperidine rings is 1. The first-order valence-electron chi connectivity index (χ1n) is 10.7. The number of nitrogens with zero attached hydrogens (tertiary/aromatic N) is 1. The molecule has 2 aromatic rings. The normalized spacial score (nSPS) is 20.1. The molecule has 2 saturated heterocycles. The van der Waals surface area contributed by atoms with Gasteiger partial charge < -0.3 is 20.3 Å². The molecule has 2 aromatic carbocycles. The summed E-state index contributed by atoms with van der Waals surface area (Å²) in [5, 5.41) is 6.76. The first-order chi connectivity index (χ1) is 14.1. The smallest absolute Gasteiger partial charge is 0.255 e. The summed E-state index contributed by atoms with van der Waals surface area (Å²) in [6.45, 7) is 7.87. The number of anilines is 2. The molecule has 0 spiro atoms. The minimum Gasteiger partial charge on any atom is -0.380 e. The van der Waals surface area contributed by atoms with Gasteiger partial charge in [0.2, 0.25) is 0 Å². The molecule has 4 rings (SSSR count). The molecule has 0 bridgehead atoms. The van der Waals surface area contributed by atoms with Gasteiger partial charge in [0, 0.05) is 48.7 Å². The summed E-state index contributed by atoms with van der Waals surface area (Å²) in [5.74, 6) is -0.0574. The van der Waals surface area contributed by atoms with Crippen molar-refractivity contribution in [1.82, 2.24) is 5.32 Å². The zero-order chi connectivity index (χ0) is 20.2. The van der Waals surface area contributed by atoms with E-state index in [4.69, 9.17) is 4.74 Å². The van der Waals surface area contributed by atoms with Gasteiger partial charge >= 0.3 is 0 Å². The van der Waals surface area contributed by atoms with E-state index in [0.717, 1.165) is 62.4 Å². The molecule has 2 N–H and O–H groups in total. The molecule has 2 fully saturated rings. The minimum absolute atomic E-state index is 0.0574. The van der Waals surface area contributed by atoms with Crippen LogP contribution >= 0.6 is 0 Å². The fourth-order valence-corrected chi connectivity index (χ4v) is 4.33. The summed E-state index contributed by atoms with van der Waals surface area (Å²) >= 11 is 0. The van der Waals surface area contributed by atoms with Crippen LogP contribution in [0.2, 0.25) is 0 Å². The third-order valence-electron chi connectivity index (χ3n) is 6.01. The van der Waals surface area contributed by atoms with Crippen LogP contribution in [0.5, 0.6) is 0 Å². The molecular weight excluding hydrogens is 362 g/mol. The van der Waals surface area contributed by atoms with Crippen LogP contribution in [0, 0.1) is 13.8 Å². The number of carbonyl (C=O) groups is 1. The topological polar surface area (TPSA) is 53.6 Å². The summed E-state index contributed by atoms with van der Waals surface area (Å²) in [5.41, 5.74) is 4.94. The molecule has 1 amide bonds. The molecule has 154 valence electrons. The molecule has 2 heterocycles. The number of hydrogen-bond acceptors (Lipinski definition) is 4. The van der Waals surface area contributed by atoms with Gasteiger partial charge in [-0.05, 0) is 69.0 Å². The van der Waals surface area contributed by atoms with Crippen LogP contribution in [0.4, 0.5) is 11.4 Å². The highest BCUT2D eigenvalue weighted by molar-refractivity contribution is 6.05. The van der Waals surface area contributed by atoms with Crippen molar-refractivity contribution in [2.75, 3.05) is 36.5 Å². The number of benzene rings is 2. The lowest BCUT2D eigenvalue weighted by Gasteiger charge is -2.35. The van der Waals surface area contributed by atoms with Crippen LogP contribution in [0.1, 0.15) is 40.7 Å². The maximum Gasteiger partial charge on any atom is 0.255 e. The standard InChI is InChI=1S/C24H31N3O2/c1-17-3-8-23(18(2)15-17)24(28)26-19-4-6-22(7-5-19)27-12-9-20(10-13-27)25-21-11-14-29-16-21/h3-8,15,20-21,25H,9-14,16H2,1-2H3,(H,26,28)/t21-/m1/s1. The quantitative estimate of drug-likeness (QED) is 0.809. The van der Waals surface area contributed by atoms with Crippen molar-refractivity contribution < 1.29 is 9.53 Å². The van der Waals surface area contributed by atoms with E-state index in [0.29, 0.717) is 12.1 Å². The Morgan fingerprint density at radius 1 is 1.00 bits per heavy atom. The number of hydrogen-bond donors (Lipinski definition) is 2. The fourth-order valence-electron chi connectivity index (χ4n) is 4.33. The molecule has 1 atom stereocenters. The second-order valence-corrected chi connectivity index (χ2v) is 8.31.